The molecule has 1 aromatic heterocycles. The first-order valence-electron chi connectivity index (χ1n) is 7.58. The molecule has 0 radical (unpaired) electrons. The van der Waals surface area contributed by atoms with Crippen LogP contribution >= 0.6 is 0 Å². The topological polar surface area (TPSA) is 82.6 Å². The van der Waals surface area contributed by atoms with E-state index in [-0.39, 0.29) is 24.0 Å². The molecule has 1 saturated heterocycles. The first-order chi connectivity index (χ1) is 11.6. The van der Waals surface area contributed by atoms with E-state index in [1.807, 2.05) is 0 Å². The van der Waals surface area contributed by atoms with Gasteiger partial charge >= 0.3 is 6.03 Å². The van der Waals surface area contributed by atoms with Crippen molar-refractivity contribution in [3.63, 3.8) is 0 Å². The largest absolute Gasteiger partial charge is 0.322 e. The van der Waals surface area contributed by atoms with E-state index in [9.17, 15) is 13.2 Å². The molecule has 0 bridgehead atoms. The van der Waals surface area contributed by atoms with Gasteiger partial charge in [-0.05, 0) is 24.3 Å². The fourth-order valence-electron chi connectivity index (χ4n) is 2.51. The molecular weight excluding hydrogens is 328 g/mol. The number of carbonyl (C=O) groups is 1. The monoisotopic (exact) mass is 346 g/mol. The number of hydrogen-bond acceptors (Lipinski definition) is 4. The van der Waals surface area contributed by atoms with Gasteiger partial charge in [0.25, 0.3) is 0 Å². The fraction of sp³-hybridized carbons (Fsp3) is 0.250. The average Bonchev–Trinajstić information content (AvgIpc) is 2.63. The van der Waals surface area contributed by atoms with Gasteiger partial charge in [-0.3, -0.25) is 4.98 Å². The first-order valence-corrected chi connectivity index (χ1v) is 9.02. The van der Waals surface area contributed by atoms with Crippen molar-refractivity contribution in [3.05, 3.63) is 54.9 Å². The average molecular weight is 346 g/mol. The smallest absolute Gasteiger partial charge is 0.321 e. The number of piperazine rings is 1. The standard InChI is InChI=1S/C16H18N4O3S/c21-16(18-14-5-4-8-17-13-14)19-9-11-20(12-10-19)24(22,23)15-6-2-1-3-7-15/h1-8,13H,9-12H2,(H,18,21). The lowest BCUT2D eigenvalue weighted by Gasteiger charge is -2.33. The van der Waals surface area contributed by atoms with Gasteiger partial charge in [-0.15, -0.1) is 0 Å². The van der Waals surface area contributed by atoms with Crippen molar-refractivity contribution in [1.82, 2.24) is 14.2 Å². The van der Waals surface area contributed by atoms with Crippen molar-refractivity contribution < 1.29 is 13.2 Å². The second-order valence-corrected chi connectivity index (χ2v) is 7.31. The minimum Gasteiger partial charge on any atom is -0.322 e. The Morgan fingerprint density at radius 1 is 1.00 bits per heavy atom. The van der Waals surface area contributed by atoms with Gasteiger partial charge in [0.05, 0.1) is 16.8 Å². The van der Waals surface area contributed by atoms with Crippen LogP contribution in [0.2, 0.25) is 0 Å². The first kappa shape index (κ1) is 16.4. The van der Waals surface area contributed by atoms with Gasteiger partial charge in [-0.2, -0.15) is 4.31 Å². The number of urea groups is 1. The Morgan fingerprint density at radius 3 is 2.33 bits per heavy atom. The molecule has 2 heterocycles. The molecule has 24 heavy (non-hydrogen) atoms. The number of nitrogens with zero attached hydrogens (tertiary/aromatic N) is 3. The molecule has 1 N–H and O–H groups in total. The highest BCUT2D eigenvalue weighted by Crippen LogP contribution is 2.17. The van der Waals surface area contributed by atoms with Gasteiger partial charge in [0, 0.05) is 32.4 Å². The summed E-state index contributed by atoms with van der Waals surface area (Å²) in [6.45, 7) is 1.24. The van der Waals surface area contributed by atoms with Crippen LogP contribution in [-0.4, -0.2) is 54.8 Å². The Labute approximate surface area is 141 Å². The number of anilines is 1. The second-order valence-electron chi connectivity index (χ2n) is 5.38. The Bertz CT molecular complexity index is 789. The summed E-state index contributed by atoms with van der Waals surface area (Å²) in [6, 6.07) is 11.6. The Morgan fingerprint density at radius 2 is 1.71 bits per heavy atom. The number of carbonyl (C=O) groups excluding carboxylic acids is 1. The fourth-order valence-corrected chi connectivity index (χ4v) is 3.96. The van der Waals surface area contributed by atoms with E-state index in [0.717, 1.165) is 0 Å². The molecule has 1 fully saturated rings. The highest BCUT2D eigenvalue weighted by Gasteiger charge is 2.29. The second kappa shape index (κ2) is 6.98. The van der Waals surface area contributed by atoms with E-state index < -0.39 is 10.0 Å². The van der Waals surface area contributed by atoms with Gasteiger partial charge in [0.1, 0.15) is 0 Å². The lowest BCUT2D eigenvalue weighted by atomic mass is 10.4. The third-order valence-electron chi connectivity index (χ3n) is 3.82. The molecule has 7 nitrogen and oxygen atoms in total. The summed E-state index contributed by atoms with van der Waals surface area (Å²) in [5, 5.41) is 2.75. The molecular formula is C16H18N4O3S. The maximum absolute atomic E-state index is 12.6. The molecule has 8 heteroatoms. The van der Waals surface area contributed by atoms with Gasteiger partial charge < -0.3 is 10.2 Å². The minimum atomic E-state index is -3.51. The Balaban J connectivity index is 1.61. The number of amides is 2. The van der Waals surface area contributed by atoms with Crippen molar-refractivity contribution in [3.8, 4) is 0 Å². The zero-order chi connectivity index (χ0) is 17.0. The zero-order valence-corrected chi connectivity index (χ0v) is 13.8. The normalized spacial score (nSPS) is 15.9. The van der Waals surface area contributed by atoms with Crippen LogP contribution in [0.15, 0.2) is 59.8 Å². The Kier molecular flexibility index (Phi) is 4.77. The zero-order valence-electron chi connectivity index (χ0n) is 13.0. The summed E-state index contributed by atoms with van der Waals surface area (Å²) >= 11 is 0. The molecule has 0 spiro atoms. The third kappa shape index (κ3) is 3.55. The van der Waals surface area contributed by atoms with Crippen LogP contribution in [0.3, 0.4) is 0 Å². The molecule has 126 valence electrons. The van der Waals surface area contributed by atoms with Gasteiger partial charge in [-0.1, -0.05) is 18.2 Å². The van der Waals surface area contributed by atoms with E-state index >= 15 is 0 Å². The van der Waals surface area contributed by atoms with E-state index in [4.69, 9.17) is 0 Å². The van der Waals surface area contributed by atoms with Crippen LogP contribution in [0.5, 0.6) is 0 Å². The maximum atomic E-state index is 12.6. The van der Waals surface area contributed by atoms with Crippen LogP contribution in [0, 0.1) is 0 Å². The van der Waals surface area contributed by atoms with Crippen LogP contribution in [0.25, 0.3) is 0 Å². The highest BCUT2D eigenvalue weighted by molar-refractivity contribution is 7.89. The van der Waals surface area contributed by atoms with Crippen molar-refractivity contribution >= 4 is 21.7 Å². The number of sulfonamides is 1. The predicted molar refractivity (Wildman–Crippen MR) is 90.0 cm³/mol. The molecule has 2 aromatic rings. The quantitative estimate of drug-likeness (QED) is 0.915. The summed E-state index contributed by atoms with van der Waals surface area (Å²) in [7, 11) is -3.51. The van der Waals surface area contributed by atoms with Gasteiger partial charge in [0.2, 0.25) is 10.0 Å². The lowest BCUT2D eigenvalue weighted by molar-refractivity contribution is 0.184. The molecule has 1 aliphatic rings. The SMILES string of the molecule is O=C(Nc1cccnc1)N1CCN(S(=O)(=O)c2ccccc2)CC1. The number of pyridine rings is 1. The predicted octanol–water partition coefficient (Wildman–Crippen LogP) is 1.62. The molecule has 1 aromatic carbocycles. The molecule has 3 rings (SSSR count). The summed E-state index contributed by atoms with van der Waals surface area (Å²) < 4.78 is 26.5. The van der Waals surface area contributed by atoms with Crippen molar-refractivity contribution in [2.75, 3.05) is 31.5 Å². The van der Waals surface area contributed by atoms with E-state index in [2.05, 4.69) is 10.3 Å². The summed E-state index contributed by atoms with van der Waals surface area (Å²) in [4.78, 5) is 18.0. The maximum Gasteiger partial charge on any atom is 0.321 e. The molecule has 2 amide bonds. The number of benzene rings is 1. The molecule has 0 unspecified atom stereocenters. The molecule has 1 aliphatic heterocycles. The van der Waals surface area contributed by atoms with Crippen LogP contribution < -0.4 is 5.32 Å². The van der Waals surface area contributed by atoms with Gasteiger partial charge in [0.15, 0.2) is 0 Å². The number of hydrogen-bond donors (Lipinski definition) is 1. The van der Waals surface area contributed by atoms with Crippen molar-refractivity contribution in [1.29, 1.82) is 0 Å². The summed E-state index contributed by atoms with van der Waals surface area (Å²) in [5.41, 5.74) is 0.613. The molecule has 0 atom stereocenters. The minimum absolute atomic E-state index is 0.250. The van der Waals surface area contributed by atoms with Crippen molar-refractivity contribution in [2.45, 2.75) is 4.90 Å². The third-order valence-corrected chi connectivity index (χ3v) is 5.73. The van der Waals surface area contributed by atoms with E-state index in [1.165, 1.54) is 4.31 Å². The van der Waals surface area contributed by atoms with E-state index in [0.29, 0.717) is 18.8 Å². The number of rotatable bonds is 3. The number of aromatic nitrogens is 1. The number of nitrogens with one attached hydrogen (secondary N) is 1. The molecule has 0 aliphatic carbocycles. The van der Waals surface area contributed by atoms with Crippen molar-refractivity contribution in [2.24, 2.45) is 0 Å². The molecule has 0 saturated carbocycles. The van der Waals surface area contributed by atoms with Gasteiger partial charge in [-0.25, -0.2) is 13.2 Å². The lowest BCUT2D eigenvalue weighted by Crippen LogP contribution is -2.51. The highest BCUT2D eigenvalue weighted by atomic mass is 32.2. The van der Waals surface area contributed by atoms with Crippen LogP contribution in [-0.2, 0) is 10.0 Å². The van der Waals surface area contributed by atoms with Crippen LogP contribution in [0.4, 0.5) is 10.5 Å². The van der Waals surface area contributed by atoms with Crippen LogP contribution in [0.1, 0.15) is 0 Å². The Hall–Kier alpha value is -2.45. The van der Waals surface area contributed by atoms with E-state index in [1.54, 1.807) is 59.8 Å². The summed E-state index contributed by atoms with van der Waals surface area (Å²) in [6.07, 6.45) is 3.19. The summed E-state index contributed by atoms with van der Waals surface area (Å²) in [5.74, 6) is 0.